The van der Waals surface area contributed by atoms with Crippen LogP contribution in [0.15, 0.2) is 0 Å². The predicted molar refractivity (Wildman–Crippen MR) is 33.8 cm³/mol. The van der Waals surface area contributed by atoms with E-state index >= 15 is 0 Å². The van der Waals surface area contributed by atoms with E-state index in [1.54, 1.807) is 0 Å². The number of Topliss-reactive ketones (excluding diaryl/α,β-unsaturated/α-hetero) is 1. The summed E-state index contributed by atoms with van der Waals surface area (Å²) < 4.78 is 4.71. The Hall–Kier alpha value is -0.490. The van der Waals surface area contributed by atoms with Gasteiger partial charge in [-0.05, 0) is 0 Å². The van der Waals surface area contributed by atoms with Crippen LogP contribution in [0.4, 0.5) is 0 Å². The minimum atomic E-state index is -1.42. The third-order valence-electron chi connectivity index (χ3n) is 1.61. The first-order valence-electron chi connectivity index (χ1n) is 3.29. The number of carbonyl (C=O) groups excluding carboxylic acids is 1. The average Bonchev–Trinajstić information content (AvgIpc) is 2.01. The second kappa shape index (κ2) is 3.27. The van der Waals surface area contributed by atoms with E-state index in [2.05, 4.69) is 0 Å². The molecule has 3 N–H and O–H groups in total. The number of carbonyl (C=O) groups is 1. The Morgan fingerprint density at radius 3 is 2.73 bits per heavy atom. The lowest BCUT2D eigenvalue weighted by molar-refractivity contribution is -0.167. The molecule has 0 radical (unpaired) electrons. The van der Waals surface area contributed by atoms with E-state index < -0.39 is 30.7 Å². The van der Waals surface area contributed by atoms with Gasteiger partial charge in [0.15, 0.2) is 5.78 Å². The number of aliphatic hydroxyl groups excluding tert-OH is 3. The Bertz CT molecular complexity index is 153. The molecule has 0 amide bonds. The van der Waals surface area contributed by atoms with Crippen molar-refractivity contribution in [3.05, 3.63) is 0 Å². The second-order valence-corrected chi connectivity index (χ2v) is 2.42. The standard InChI is InChI=1S/C6H10O5/c7-1-4-6(10)5(9)3(8)2-11-4/h3-5,7-9H,1-2H2/t3?,4?,5-/m0/s1. The zero-order valence-electron chi connectivity index (χ0n) is 5.80. The first-order chi connectivity index (χ1) is 5.16. The third kappa shape index (κ3) is 1.57. The summed E-state index contributed by atoms with van der Waals surface area (Å²) in [5, 5.41) is 26.4. The van der Waals surface area contributed by atoms with Crippen molar-refractivity contribution in [1.29, 1.82) is 0 Å². The number of aliphatic hydroxyl groups is 3. The van der Waals surface area contributed by atoms with Crippen LogP contribution in [0.25, 0.3) is 0 Å². The van der Waals surface area contributed by atoms with Crippen LogP contribution in [0.1, 0.15) is 0 Å². The van der Waals surface area contributed by atoms with Gasteiger partial charge in [0.05, 0.1) is 13.2 Å². The summed E-state index contributed by atoms with van der Waals surface area (Å²) in [5.41, 5.74) is 0. The molecule has 5 nitrogen and oxygen atoms in total. The zero-order chi connectivity index (χ0) is 8.43. The fourth-order valence-electron chi connectivity index (χ4n) is 0.911. The van der Waals surface area contributed by atoms with Gasteiger partial charge in [-0.2, -0.15) is 0 Å². The molecule has 0 aromatic rings. The van der Waals surface area contributed by atoms with Crippen LogP contribution in [-0.4, -0.2) is 52.6 Å². The zero-order valence-corrected chi connectivity index (χ0v) is 5.80. The topological polar surface area (TPSA) is 87.0 Å². The van der Waals surface area contributed by atoms with Gasteiger partial charge >= 0.3 is 0 Å². The summed E-state index contributed by atoms with van der Waals surface area (Å²) in [5.74, 6) is -0.661. The fourth-order valence-corrected chi connectivity index (χ4v) is 0.911. The van der Waals surface area contributed by atoms with E-state index in [-0.39, 0.29) is 6.61 Å². The number of ether oxygens (including phenoxy) is 1. The fraction of sp³-hybridized carbons (Fsp3) is 0.833. The van der Waals surface area contributed by atoms with Crippen molar-refractivity contribution in [1.82, 2.24) is 0 Å². The minimum Gasteiger partial charge on any atom is -0.393 e. The van der Waals surface area contributed by atoms with Gasteiger partial charge in [-0.1, -0.05) is 0 Å². The van der Waals surface area contributed by atoms with E-state index in [0.717, 1.165) is 0 Å². The highest BCUT2D eigenvalue weighted by atomic mass is 16.5. The van der Waals surface area contributed by atoms with Gasteiger partial charge in [0, 0.05) is 0 Å². The molecular formula is C6H10O5. The Balaban J connectivity index is 2.59. The van der Waals surface area contributed by atoms with Crippen LogP contribution in [-0.2, 0) is 9.53 Å². The van der Waals surface area contributed by atoms with E-state index in [1.807, 2.05) is 0 Å². The maximum absolute atomic E-state index is 10.9. The third-order valence-corrected chi connectivity index (χ3v) is 1.61. The Labute approximate surface area is 63.2 Å². The molecule has 1 aliphatic rings. The Kier molecular flexibility index (Phi) is 2.56. The maximum atomic E-state index is 10.9. The van der Waals surface area contributed by atoms with Gasteiger partial charge in [0.25, 0.3) is 0 Å². The highest BCUT2D eigenvalue weighted by molar-refractivity contribution is 5.88. The molecule has 1 rings (SSSR count). The lowest BCUT2D eigenvalue weighted by atomic mass is 10.0. The van der Waals surface area contributed by atoms with Crippen molar-refractivity contribution >= 4 is 5.78 Å². The molecule has 0 aliphatic carbocycles. The largest absolute Gasteiger partial charge is 0.393 e. The van der Waals surface area contributed by atoms with Crippen molar-refractivity contribution in [3.8, 4) is 0 Å². The number of hydrogen-bond acceptors (Lipinski definition) is 5. The van der Waals surface area contributed by atoms with E-state index in [1.165, 1.54) is 0 Å². The van der Waals surface area contributed by atoms with E-state index in [9.17, 15) is 4.79 Å². The molecule has 0 spiro atoms. The summed E-state index contributed by atoms with van der Waals surface area (Å²) in [4.78, 5) is 10.9. The normalized spacial score (nSPS) is 39.2. The molecule has 1 aliphatic heterocycles. The molecule has 1 saturated heterocycles. The molecule has 0 aromatic carbocycles. The lowest BCUT2D eigenvalue weighted by Crippen LogP contribution is -2.50. The average molecular weight is 162 g/mol. The molecule has 0 bridgehead atoms. The van der Waals surface area contributed by atoms with Crippen LogP contribution in [0.3, 0.4) is 0 Å². The first-order valence-corrected chi connectivity index (χ1v) is 3.29. The first kappa shape index (κ1) is 8.61. The van der Waals surface area contributed by atoms with Gasteiger partial charge in [0.2, 0.25) is 0 Å². The molecule has 0 saturated carbocycles. The van der Waals surface area contributed by atoms with Gasteiger partial charge < -0.3 is 20.1 Å². The molecule has 3 atom stereocenters. The van der Waals surface area contributed by atoms with E-state index in [0.29, 0.717) is 0 Å². The smallest absolute Gasteiger partial charge is 0.194 e. The molecule has 11 heavy (non-hydrogen) atoms. The van der Waals surface area contributed by atoms with Gasteiger partial charge in [-0.25, -0.2) is 0 Å². The lowest BCUT2D eigenvalue weighted by Gasteiger charge is -2.27. The summed E-state index contributed by atoms with van der Waals surface area (Å²) >= 11 is 0. The van der Waals surface area contributed by atoms with Crippen molar-refractivity contribution in [3.63, 3.8) is 0 Å². The number of hydrogen-bond donors (Lipinski definition) is 3. The van der Waals surface area contributed by atoms with Crippen molar-refractivity contribution < 1.29 is 24.9 Å². The minimum absolute atomic E-state index is 0.113. The van der Waals surface area contributed by atoms with Gasteiger partial charge in [0.1, 0.15) is 18.3 Å². The molecule has 0 aromatic heterocycles. The highest BCUT2D eigenvalue weighted by Gasteiger charge is 2.36. The summed E-state index contributed by atoms with van der Waals surface area (Å²) in [7, 11) is 0. The molecular weight excluding hydrogens is 152 g/mol. The van der Waals surface area contributed by atoms with Crippen LogP contribution >= 0.6 is 0 Å². The van der Waals surface area contributed by atoms with Crippen molar-refractivity contribution in [2.75, 3.05) is 13.2 Å². The SMILES string of the molecule is O=C1C(CO)OCC(O)[C@@H]1O. The highest BCUT2D eigenvalue weighted by Crippen LogP contribution is 2.09. The van der Waals surface area contributed by atoms with Crippen molar-refractivity contribution in [2.45, 2.75) is 18.3 Å². The Morgan fingerprint density at radius 1 is 1.55 bits per heavy atom. The van der Waals surface area contributed by atoms with E-state index in [4.69, 9.17) is 20.1 Å². The summed E-state index contributed by atoms with van der Waals surface area (Å²) in [6, 6.07) is 0. The summed E-state index contributed by atoms with van der Waals surface area (Å²) in [6.07, 6.45) is -3.56. The quantitative estimate of drug-likeness (QED) is 0.402. The number of ketones is 1. The van der Waals surface area contributed by atoms with Gasteiger partial charge in [-0.3, -0.25) is 4.79 Å². The van der Waals surface area contributed by atoms with Crippen LogP contribution in [0.2, 0.25) is 0 Å². The summed E-state index contributed by atoms with van der Waals surface area (Å²) in [6.45, 7) is -0.569. The number of rotatable bonds is 1. The molecule has 1 fully saturated rings. The molecule has 2 unspecified atom stereocenters. The van der Waals surface area contributed by atoms with Crippen LogP contribution in [0, 0.1) is 0 Å². The molecule has 5 heteroatoms. The second-order valence-electron chi connectivity index (χ2n) is 2.42. The monoisotopic (exact) mass is 162 g/mol. The molecule has 1 heterocycles. The van der Waals surface area contributed by atoms with Crippen LogP contribution < -0.4 is 0 Å². The molecule has 64 valence electrons. The predicted octanol–water partition coefficient (Wildman–Crippen LogP) is -2.33. The van der Waals surface area contributed by atoms with Gasteiger partial charge in [-0.15, -0.1) is 0 Å². The maximum Gasteiger partial charge on any atom is 0.194 e. The Morgan fingerprint density at radius 2 is 2.18 bits per heavy atom. The van der Waals surface area contributed by atoms with Crippen molar-refractivity contribution in [2.24, 2.45) is 0 Å². The van der Waals surface area contributed by atoms with Crippen LogP contribution in [0.5, 0.6) is 0 Å².